The van der Waals surface area contributed by atoms with Crippen LogP contribution in [-0.2, 0) is 13.5 Å². The molecule has 0 atom stereocenters. The maximum atomic E-state index is 5.96. The summed E-state index contributed by atoms with van der Waals surface area (Å²) in [6.07, 6.45) is 4.30. The number of nitrogens with two attached hydrogens (primary N) is 1. The van der Waals surface area contributed by atoms with Gasteiger partial charge in [-0.1, -0.05) is 18.2 Å². The van der Waals surface area contributed by atoms with E-state index in [-0.39, 0.29) is 0 Å². The molecule has 90 valence electrons. The molecule has 2 heterocycles. The molecule has 0 fully saturated rings. The highest BCUT2D eigenvalue weighted by Gasteiger charge is 2.09. The lowest BCUT2D eigenvalue weighted by atomic mass is 10.1. The van der Waals surface area contributed by atoms with Crippen LogP contribution in [0.25, 0.3) is 11.0 Å². The van der Waals surface area contributed by atoms with Gasteiger partial charge in [0.05, 0.1) is 11.7 Å². The van der Waals surface area contributed by atoms with Crippen LogP contribution in [0.4, 0.5) is 5.69 Å². The van der Waals surface area contributed by atoms with Crippen molar-refractivity contribution in [2.45, 2.75) is 6.42 Å². The first kappa shape index (κ1) is 10.8. The van der Waals surface area contributed by atoms with Gasteiger partial charge in [-0.05, 0) is 17.7 Å². The number of rotatable bonds is 2. The fourth-order valence-corrected chi connectivity index (χ4v) is 2.13. The van der Waals surface area contributed by atoms with Gasteiger partial charge in [0.1, 0.15) is 11.3 Å². The SMILES string of the molecule is Cn1c(Cc2ccccc2N)nc2cnccc21. The van der Waals surface area contributed by atoms with Gasteiger partial charge in [-0.2, -0.15) is 0 Å². The van der Waals surface area contributed by atoms with E-state index in [9.17, 15) is 0 Å². The first-order chi connectivity index (χ1) is 8.75. The summed E-state index contributed by atoms with van der Waals surface area (Å²) in [7, 11) is 2.02. The molecule has 3 rings (SSSR count). The molecule has 2 aromatic heterocycles. The van der Waals surface area contributed by atoms with Gasteiger partial charge in [-0.3, -0.25) is 4.98 Å². The van der Waals surface area contributed by atoms with Crippen LogP contribution in [-0.4, -0.2) is 14.5 Å². The molecule has 0 unspecified atom stereocenters. The zero-order valence-corrected chi connectivity index (χ0v) is 10.2. The fourth-order valence-electron chi connectivity index (χ4n) is 2.13. The Morgan fingerprint density at radius 1 is 1.22 bits per heavy atom. The molecule has 0 spiro atoms. The Bertz CT molecular complexity index is 700. The molecular weight excluding hydrogens is 224 g/mol. The Morgan fingerprint density at radius 2 is 2.06 bits per heavy atom. The summed E-state index contributed by atoms with van der Waals surface area (Å²) in [5, 5.41) is 0. The van der Waals surface area contributed by atoms with Crippen molar-refractivity contribution >= 4 is 16.7 Å². The van der Waals surface area contributed by atoms with Crippen LogP contribution in [0.3, 0.4) is 0 Å². The molecule has 0 saturated heterocycles. The van der Waals surface area contributed by atoms with E-state index in [1.807, 2.05) is 37.4 Å². The van der Waals surface area contributed by atoms with Crippen molar-refractivity contribution in [3.8, 4) is 0 Å². The minimum absolute atomic E-state index is 0.734. The van der Waals surface area contributed by atoms with Gasteiger partial charge < -0.3 is 10.3 Å². The number of nitrogen functional groups attached to an aromatic ring is 1. The summed E-state index contributed by atoms with van der Waals surface area (Å²) in [6, 6.07) is 9.86. The van der Waals surface area contributed by atoms with Gasteiger partial charge >= 0.3 is 0 Å². The number of hydrogen-bond donors (Lipinski definition) is 1. The van der Waals surface area contributed by atoms with E-state index in [4.69, 9.17) is 5.73 Å². The molecule has 0 aliphatic heterocycles. The lowest BCUT2D eigenvalue weighted by molar-refractivity contribution is 0.845. The van der Waals surface area contributed by atoms with Gasteiger partial charge in [0.2, 0.25) is 0 Å². The zero-order chi connectivity index (χ0) is 12.5. The van der Waals surface area contributed by atoms with Crippen LogP contribution < -0.4 is 5.73 Å². The smallest absolute Gasteiger partial charge is 0.114 e. The Hall–Kier alpha value is -2.36. The molecule has 4 heteroatoms. The van der Waals surface area contributed by atoms with E-state index >= 15 is 0 Å². The molecule has 0 aliphatic carbocycles. The van der Waals surface area contributed by atoms with Gasteiger partial charge in [0, 0.05) is 25.4 Å². The number of pyridine rings is 1. The molecule has 0 amide bonds. The Kier molecular flexibility index (Phi) is 2.48. The van der Waals surface area contributed by atoms with E-state index in [1.165, 1.54) is 0 Å². The van der Waals surface area contributed by atoms with Crippen LogP contribution in [0.2, 0.25) is 0 Å². The van der Waals surface area contributed by atoms with Crippen molar-refractivity contribution in [1.82, 2.24) is 14.5 Å². The Labute approximate surface area is 105 Å². The first-order valence-electron chi connectivity index (χ1n) is 5.84. The number of nitrogens with zero attached hydrogens (tertiary/aromatic N) is 3. The van der Waals surface area contributed by atoms with Crippen molar-refractivity contribution in [3.63, 3.8) is 0 Å². The first-order valence-corrected chi connectivity index (χ1v) is 5.84. The molecule has 0 saturated carbocycles. The summed E-state index contributed by atoms with van der Waals surface area (Å²) in [5.74, 6) is 0.996. The van der Waals surface area contributed by atoms with Crippen LogP contribution in [0, 0.1) is 0 Å². The molecule has 1 aromatic carbocycles. The summed E-state index contributed by atoms with van der Waals surface area (Å²) < 4.78 is 2.09. The molecule has 18 heavy (non-hydrogen) atoms. The summed E-state index contributed by atoms with van der Waals surface area (Å²) in [6.45, 7) is 0. The quantitative estimate of drug-likeness (QED) is 0.696. The molecule has 3 aromatic rings. The third-order valence-corrected chi connectivity index (χ3v) is 3.18. The fraction of sp³-hybridized carbons (Fsp3) is 0.143. The van der Waals surface area contributed by atoms with Crippen molar-refractivity contribution in [1.29, 1.82) is 0 Å². The zero-order valence-electron chi connectivity index (χ0n) is 10.2. The summed E-state index contributed by atoms with van der Waals surface area (Å²) >= 11 is 0. The second-order valence-corrected chi connectivity index (χ2v) is 4.33. The van der Waals surface area contributed by atoms with Crippen LogP contribution in [0.5, 0.6) is 0 Å². The molecule has 0 radical (unpaired) electrons. The molecule has 4 nitrogen and oxygen atoms in total. The van der Waals surface area contributed by atoms with Crippen molar-refractivity contribution < 1.29 is 0 Å². The van der Waals surface area contributed by atoms with E-state index in [0.717, 1.165) is 34.5 Å². The van der Waals surface area contributed by atoms with Crippen LogP contribution >= 0.6 is 0 Å². The topological polar surface area (TPSA) is 56.7 Å². The predicted molar refractivity (Wildman–Crippen MR) is 72.2 cm³/mol. The Balaban J connectivity index is 2.06. The number of hydrogen-bond acceptors (Lipinski definition) is 3. The maximum absolute atomic E-state index is 5.96. The highest BCUT2D eigenvalue weighted by molar-refractivity contribution is 5.74. The van der Waals surface area contributed by atoms with E-state index in [2.05, 4.69) is 14.5 Å². The lowest BCUT2D eigenvalue weighted by Crippen LogP contribution is -2.01. The van der Waals surface area contributed by atoms with Crippen molar-refractivity contribution in [2.75, 3.05) is 5.73 Å². The Morgan fingerprint density at radius 3 is 2.83 bits per heavy atom. The molecule has 0 aliphatic rings. The van der Waals surface area contributed by atoms with Crippen LogP contribution in [0.15, 0.2) is 42.7 Å². The number of aromatic nitrogens is 3. The second kappa shape index (κ2) is 4.14. The van der Waals surface area contributed by atoms with Gasteiger partial charge in [0.15, 0.2) is 0 Å². The number of benzene rings is 1. The highest BCUT2D eigenvalue weighted by atomic mass is 15.1. The third-order valence-electron chi connectivity index (χ3n) is 3.18. The molecule has 2 N–H and O–H groups in total. The van der Waals surface area contributed by atoms with Gasteiger partial charge in [-0.25, -0.2) is 4.98 Å². The minimum Gasteiger partial charge on any atom is -0.398 e. The normalized spacial score (nSPS) is 10.9. The van der Waals surface area contributed by atoms with Gasteiger partial charge in [0.25, 0.3) is 0 Å². The average molecular weight is 238 g/mol. The van der Waals surface area contributed by atoms with Crippen molar-refractivity contribution in [3.05, 3.63) is 54.1 Å². The van der Waals surface area contributed by atoms with E-state index in [1.54, 1.807) is 12.4 Å². The van der Waals surface area contributed by atoms with Gasteiger partial charge in [-0.15, -0.1) is 0 Å². The monoisotopic (exact) mass is 238 g/mol. The number of para-hydroxylation sites is 1. The third kappa shape index (κ3) is 1.72. The number of aryl methyl sites for hydroxylation is 1. The van der Waals surface area contributed by atoms with Crippen molar-refractivity contribution in [2.24, 2.45) is 7.05 Å². The molecule has 0 bridgehead atoms. The highest BCUT2D eigenvalue weighted by Crippen LogP contribution is 2.19. The minimum atomic E-state index is 0.734. The summed E-state index contributed by atoms with van der Waals surface area (Å²) in [4.78, 5) is 8.68. The standard InChI is InChI=1S/C14H14N4/c1-18-13-6-7-16-9-12(13)17-14(18)8-10-4-2-3-5-11(10)15/h2-7,9H,8,15H2,1H3. The molecular formula is C14H14N4. The number of anilines is 1. The predicted octanol–water partition coefficient (Wildman–Crippen LogP) is 2.14. The number of fused-ring (bicyclic) bond motifs is 1. The van der Waals surface area contributed by atoms with Crippen LogP contribution in [0.1, 0.15) is 11.4 Å². The number of imidazole rings is 1. The maximum Gasteiger partial charge on any atom is 0.114 e. The average Bonchev–Trinajstić information content (AvgIpc) is 2.70. The largest absolute Gasteiger partial charge is 0.398 e. The van der Waals surface area contributed by atoms with E-state index < -0.39 is 0 Å². The van der Waals surface area contributed by atoms with E-state index in [0.29, 0.717) is 0 Å². The summed E-state index contributed by atoms with van der Waals surface area (Å²) in [5.41, 5.74) is 9.89. The second-order valence-electron chi connectivity index (χ2n) is 4.33. The lowest BCUT2D eigenvalue weighted by Gasteiger charge is -2.05.